The van der Waals surface area contributed by atoms with Gasteiger partial charge in [-0.2, -0.15) is 0 Å². The van der Waals surface area contributed by atoms with Gasteiger partial charge in [0.2, 0.25) is 5.88 Å². The molecule has 1 aromatic heterocycles. The molecule has 0 saturated carbocycles. The first-order chi connectivity index (χ1) is 11.2. The molecule has 0 spiro atoms. The number of carbonyl (C=O) groups is 1. The molecule has 2 heterocycles. The predicted octanol–water partition coefficient (Wildman–Crippen LogP) is 1.24. The third-order valence-corrected chi connectivity index (χ3v) is 4.15. The molecule has 0 aliphatic carbocycles. The molecule has 6 nitrogen and oxygen atoms in total. The molecule has 0 unspecified atom stereocenters. The molecule has 128 valence electrons. The highest BCUT2D eigenvalue weighted by molar-refractivity contribution is 5.96. The maximum atomic E-state index is 12.2. The van der Waals surface area contributed by atoms with Gasteiger partial charge in [0, 0.05) is 38.9 Å². The molecule has 1 aliphatic heterocycles. The van der Waals surface area contributed by atoms with Gasteiger partial charge in [0.15, 0.2) is 0 Å². The van der Waals surface area contributed by atoms with Crippen LogP contribution in [0.1, 0.15) is 30.6 Å². The number of likely N-dealkylation sites (N-methyl/N-ethyl adjacent to an activating group) is 1. The van der Waals surface area contributed by atoms with Crippen LogP contribution in [-0.4, -0.2) is 73.1 Å². The summed E-state index contributed by atoms with van der Waals surface area (Å²) in [4.78, 5) is 21.3. The standard InChI is InChI=1S/C17H28N4O2/c1-3-20-11-13-21(14-12-20)10-6-9-18-16(22)15-7-5-8-19-17(15)23-4-2/h5,7-8H,3-4,6,9-14H2,1-2H3,(H,18,22). The number of piperazine rings is 1. The van der Waals surface area contributed by atoms with Crippen molar-refractivity contribution in [2.75, 3.05) is 52.4 Å². The van der Waals surface area contributed by atoms with Crippen LogP contribution in [-0.2, 0) is 0 Å². The molecule has 23 heavy (non-hydrogen) atoms. The predicted molar refractivity (Wildman–Crippen MR) is 90.9 cm³/mol. The summed E-state index contributed by atoms with van der Waals surface area (Å²) in [5.74, 6) is 0.292. The van der Waals surface area contributed by atoms with E-state index in [-0.39, 0.29) is 5.91 Å². The molecule has 1 aromatic rings. The second-order valence-electron chi connectivity index (χ2n) is 5.67. The molecule has 2 rings (SSSR count). The lowest BCUT2D eigenvalue weighted by Crippen LogP contribution is -2.46. The van der Waals surface area contributed by atoms with Crippen LogP contribution < -0.4 is 10.1 Å². The van der Waals surface area contributed by atoms with Crippen molar-refractivity contribution >= 4 is 5.91 Å². The summed E-state index contributed by atoms with van der Waals surface area (Å²) in [6.45, 7) is 12.0. The van der Waals surface area contributed by atoms with Crippen molar-refractivity contribution in [3.8, 4) is 5.88 Å². The molecule has 1 fully saturated rings. The van der Waals surface area contributed by atoms with Crippen molar-refractivity contribution in [3.63, 3.8) is 0 Å². The lowest BCUT2D eigenvalue weighted by molar-refractivity contribution is 0.0943. The quantitative estimate of drug-likeness (QED) is 0.730. The van der Waals surface area contributed by atoms with Gasteiger partial charge in [-0.05, 0) is 38.6 Å². The molecular formula is C17H28N4O2. The Bertz CT molecular complexity index is 487. The Labute approximate surface area is 138 Å². The van der Waals surface area contributed by atoms with E-state index in [0.717, 1.165) is 45.7 Å². The van der Waals surface area contributed by atoms with Crippen molar-refractivity contribution in [3.05, 3.63) is 23.9 Å². The van der Waals surface area contributed by atoms with Gasteiger partial charge in [0.25, 0.3) is 5.91 Å². The Morgan fingerprint density at radius 3 is 2.70 bits per heavy atom. The summed E-state index contributed by atoms with van der Waals surface area (Å²) in [6.07, 6.45) is 2.60. The van der Waals surface area contributed by atoms with Crippen molar-refractivity contribution < 1.29 is 9.53 Å². The van der Waals surface area contributed by atoms with E-state index in [2.05, 4.69) is 27.0 Å². The van der Waals surface area contributed by atoms with E-state index in [0.29, 0.717) is 24.6 Å². The first-order valence-corrected chi connectivity index (χ1v) is 8.55. The molecule has 1 saturated heterocycles. The highest BCUT2D eigenvalue weighted by Crippen LogP contribution is 2.13. The molecule has 0 radical (unpaired) electrons. The Kier molecular flexibility index (Phi) is 7.29. The number of aromatic nitrogens is 1. The SMILES string of the molecule is CCOc1ncccc1C(=O)NCCCN1CCN(CC)CC1. The lowest BCUT2D eigenvalue weighted by atomic mass is 10.2. The molecule has 6 heteroatoms. The van der Waals surface area contributed by atoms with E-state index in [9.17, 15) is 4.79 Å². The monoisotopic (exact) mass is 320 g/mol. The van der Waals surface area contributed by atoms with Gasteiger partial charge in [-0.1, -0.05) is 6.92 Å². The third kappa shape index (κ3) is 5.48. The fourth-order valence-corrected chi connectivity index (χ4v) is 2.74. The number of amides is 1. The molecular weight excluding hydrogens is 292 g/mol. The van der Waals surface area contributed by atoms with Crippen LogP contribution in [0.15, 0.2) is 18.3 Å². The van der Waals surface area contributed by atoms with Crippen molar-refractivity contribution in [1.29, 1.82) is 0 Å². The summed E-state index contributed by atoms with van der Waals surface area (Å²) >= 11 is 0. The summed E-state index contributed by atoms with van der Waals surface area (Å²) in [6, 6.07) is 3.50. The second kappa shape index (κ2) is 9.47. The van der Waals surface area contributed by atoms with E-state index in [4.69, 9.17) is 4.74 Å². The Hall–Kier alpha value is -1.66. The molecule has 1 amide bonds. The topological polar surface area (TPSA) is 57.7 Å². The van der Waals surface area contributed by atoms with Crippen LogP contribution in [0.4, 0.5) is 0 Å². The average Bonchev–Trinajstić information content (AvgIpc) is 2.60. The second-order valence-corrected chi connectivity index (χ2v) is 5.67. The van der Waals surface area contributed by atoms with E-state index >= 15 is 0 Å². The smallest absolute Gasteiger partial charge is 0.256 e. The Morgan fingerprint density at radius 2 is 2.00 bits per heavy atom. The van der Waals surface area contributed by atoms with Crippen molar-refractivity contribution in [1.82, 2.24) is 20.1 Å². The van der Waals surface area contributed by atoms with Gasteiger partial charge < -0.3 is 19.9 Å². The largest absolute Gasteiger partial charge is 0.477 e. The summed E-state index contributed by atoms with van der Waals surface area (Å²) in [5.41, 5.74) is 0.505. The van der Waals surface area contributed by atoms with Gasteiger partial charge in [-0.15, -0.1) is 0 Å². The first-order valence-electron chi connectivity index (χ1n) is 8.55. The third-order valence-electron chi connectivity index (χ3n) is 4.15. The van der Waals surface area contributed by atoms with Crippen LogP contribution in [0.5, 0.6) is 5.88 Å². The zero-order valence-corrected chi connectivity index (χ0v) is 14.3. The van der Waals surface area contributed by atoms with Crippen LogP contribution in [0.2, 0.25) is 0 Å². The lowest BCUT2D eigenvalue weighted by Gasteiger charge is -2.33. The fraction of sp³-hybridized carbons (Fsp3) is 0.647. The van der Waals surface area contributed by atoms with E-state index in [1.165, 1.54) is 0 Å². The summed E-state index contributed by atoms with van der Waals surface area (Å²) in [7, 11) is 0. The van der Waals surface area contributed by atoms with E-state index < -0.39 is 0 Å². The van der Waals surface area contributed by atoms with Gasteiger partial charge in [0.05, 0.1) is 6.61 Å². The van der Waals surface area contributed by atoms with Gasteiger partial charge in [0.1, 0.15) is 5.56 Å². The average molecular weight is 320 g/mol. The van der Waals surface area contributed by atoms with E-state index in [1.807, 2.05) is 6.92 Å². The molecule has 1 N–H and O–H groups in total. The van der Waals surface area contributed by atoms with E-state index in [1.54, 1.807) is 18.3 Å². The minimum Gasteiger partial charge on any atom is -0.477 e. The maximum Gasteiger partial charge on any atom is 0.256 e. The number of rotatable bonds is 8. The Balaban J connectivity index is 1.69. The summed E-state index contributed by atoms with van der Waals surface area (Å²) in [5, 5.41) is 2.96. The number of nitrogens with one attached hydrogen (secondary N) is 1. The van der Waals surface area contributed by atoms with Crippen LogP contribution >= 0.6 is 0 Å². The zero-order chi connectivity index (χ0) is 16.5. The van der Waals surface area contributed by atoms with Crippen LogP contribution in [0.25, 0.3) is 0 Å². The normalized spacial score (nSPS) is 16.3. The number of pyridine rings is 1. The van der Waals surface area contributed by atoms with Crippen molar-refractivity contribution in [2.45, 2.75) is 20.3 Å². The summed E-state index contributed by atoms with van der Waals surface area (Å²) < 4.78 is 5.40. The zero-order valence-electron chi connectivity index (χ0n) is 14.3. The molecule has 0 aromatic carbocycles. The number of nitrogens with zero attached hydrogens (tertiary/aromatic N) is 3. The molecule has 0 atom stereocenters. The first kappa shape index (κ1) is 17.7. The minimum absolute atomic E-state index is 0.114. The number of carbonyl (C=O) groups excluding carboxylic acids is 1. The van der Waals surface area contributed by atoms with Gasteiger partial charge >= 0.3 is 0 Å². The highest BCUT2D eigenvalue weighted by Gasteiger charge is 2.15. The molecule has 0 bridgehead atoms. The highest BCUT2D eigenvalue weighted by atomic mass is 16.5. The fourth-order valence-electron chi connectivity index (χ4n) is 2.74. The maximum absolute atomic E-state index is 12.2. The Morgan fingerprint density at radius 1 is 1.26 bits per heavy atom. The molecule has 1 aliphatic rings. The van der Waals surface area contributed by atoms with Crippen LogP contribution in [0, 0.1) is 0 Å². The van der Waals surface area contributed by atoms with Crippen molar-refractivity contribution in [2.24, 2.45) is 0 Å². The van der Waals surface area contributed by atoms with Gasteiger partial charge in [-0.25, -0.2) is 4.98 Å². The number of ether oxygens (including phenoxy) is 1. The number of hydrogen-bond donors (Lipinski definition) is 1. The van der Waals surface area contributed by atoms with Crippen LogP contribution in [0.3, 0.4) is 0 Å². The minimum atomic E-state index is -0.114. The van der Waals surface area contributed by atoms with Gasteiger partial charge in [-0.3, -0.25) is 4.79 Å². The number of hydrogen-bond acceptors (Lipinski definition) is 5.